The van der Waals surface area contributed by atoms with Gasteiger partial charge in [0, 0.05) is 22.3 Å². The highest BCUT2D eigenvalue weighted by Gasteiger charge is 2.05. The van der Waals surface area contributed by atoms with Gasteiger partial charge in [-0.25, -0.2) is 0 Å². The first-order valence-corrected chi connectivity index (χ1v) is 5.14. The summed E-state index contributed by atoms with van der Waals surface area (Å²) in [5.74, 6) is -0.190. The molecule has 0 atom stereocenters. The Morgan fingerprint density at radius 3 is 2.88 bits per heavy atom. The highest BCUT2D eigenvalue weighted by Crippen LogP contribution is 2.24. The second-order valence-corrected chi connectivity index (χ2v) is 3.83. The van der Waals surface area contributed by atoms with Crippen molar-refractivity contribution in [3.05, 3.63) is 42.1 Å². The van der Waals surface area contributed by atoms with Crippen LogP contribution in [0.3, 0.4) is 0 Å². The molecule has 0 saturated carbocycles. The summed E-state index contributed by atoms with van der Waals surface area (Å²) in [6, 6.07) is 5.81. The molecule has 0 aliphatic rings. The van der Waals surface area contributed by atoms with Gasteiger partial charge >= 0.3 is 0 Å². The fourth-order valence-corrected chi connectivity index (χ4v) is 1.73. The van der Waals surface area contributed by atoms with E-state index in [1.807, 2.05) is 25.1 Å². The topological polar surface area (TPSA) is 44.9 Å². The number of amides is 1. The standard InChI is InChI=1S/C13H14N2O/c1-4-13(16)15-10-5-6-12-11(7-10)8(2)9(3)14-12/h4-7,14H,1H2,2-3H3,(H,15,16). The first-order valence-electron chi connectivity index (χ1n) is 5.14. The molecule has 1 aromatic heterocycles. The van der Waals surface area contributed by atoms with Crippen LogP contribution < -0.4 is 5.32 Å². The molecule has 0 bridgehead atoms. The number of carbonyl (C=O) groups is 1. The molecule has 0 unspecified atom stereocenters. The number of carbonyl (C=O) groups excluding carboxylic acids is 1. The summed E-state index contributed by atoms with van der Waals surface area (Å²) >= 11 is 0. The van der Waals surface area contributed by atoms with Crippen LogP contribution in [0.15, 0.2) is 30.9 Å². The van der Waals surface area contributed by atoms with Crippen molar-refractivity contribution in [1.29, 1.82) is 0 Å². The van der Waals surface area contributed by atoms with E-state index >= 15 is 0 Å². The van der Waals surface area contributed by atoms with E-state index in [4.69, 9.17) is 0 Å². The van der Waals surface area contributed by atoms with Gasteiger partial charge in [-0.15, -0.1) is 0 Å². The molecule has 2 rings (SSSR count). The maximum atomic E-state index is 11.2. The van der Waals surface area contributed by atoms with Crippen molar-refractivity contribution in [3.8, 4) is 0 Å². The summed E-state index contributed by atoms with van der Waals surface area (Å²) < 4.78 is 0. The summed E-state index contributed by atoms with van der Waals surface area (Å²) in [6.45, 7) is 7.52. The summed E-state index contributed by atoms with van der Waals surface area (Å²) in [4.78, 5) is 14.5. The molecule has 0 spiro atoms. The molecule has 0 aliphatic heterocycles. The van der Waals surface area contributed by atoms with E-state index in [1.165, 1.54) is 11.6 Å². The maximum absolute atomic E-state index is 11.2. The van der Waals surface area contributed by atoms with Gasteiger partial charge in [0.05, 0.1) is 0 Å². The van der Waals surface area contributed by atoms with Gasteiger partial charge in [0.1, 0.15) is 0 Å². The van der Waals surface area contributed by atoms with Crippen molar-refractivity contribution in [3.63, 3.8) is 0 Å². The molecule has 1 amide bonds. The third-order valence-corrected chi connectivity index (χ3v) is 2.76. The van der Waals surface area contributed by atoms with Crippen LogP contribution in [-0.4, -0.2) is 10.9 Å². The number of H-pyrrole nitrogens is 1. The lowest BCUT2D eigenvalue weighted by Crippen LogP contribution is -2.06. The third-order valence-electron chi connectivity index (χ3n) is 2.76. The molecule has 1 heterocycles. The lowest BCUT2D eigenvalue weighted by atomic mass is 10.1. The summed E-state index contributed by atoms with van der Waals surface area (Å²) in [5, 5.41) is 3.89. The van der Waals surface area contributed by atoms with Crippen molar-refractivity contribution in [2.45, 2.75) is 13.8 Å². The zero-order chi connectivity index (χ0) is 11.7. The average molecular weight is 214 g/mol. The molecule has 0 fully saturated rings. The van der Waals surface area contributed by atoms with Crippen LogP contribution in [0.2, 0.25) is 0 Å². The van der Waals surface area contributed by atoms with E-state index in [-0.39, 0.29) is 5.91 Å². The Morgan fingerprint density at radius 2 is 2.19 bits per heavy atom. The molecule has 2 N–H and O–H groups in total. The molecular formula is C13H14N2O. The highest BCUT2D eigenvalue weighted by molar-refractivity contribution is 6.00. The Hall–Kier alpha value is -2.03. The first-order chi connectivity index (χ1) is 7.61. The minimum absolute atomic E-state index is 0.190. The predicted molar refractivity (Wildman–Crippen MR) is 66.6 cm³/mol. The van der Waals surface area contributed by atoms with Crippen LogP contribution in [0.1, 0.15) is 11.3 Å². The van der Waals surface area contributed by atoms with Crippen molar-refractivity contribution >= 4 is 22.5 Å². The monoisotopic (exact) mass is 214 g/mol. The minimum Gasteiger partial charge on any atom is -0.358 e. The molecule has 0 radical (unpaired) electrons. The fourth-order valence-electron chi connectivity index (χ4n) is 1.73. The summed E-state index contributed by atoms with van der Waals surface area (Å²) in [5.41, 5.74) is 4.25. The number of aromatic amines is 1. The molecule has 3 nitrogen and oxygen atoms in total. The van der Waals surface area contributed by atoms with Gasteiger partial charge in [-0.3, -0.25) is 4.79 Å². The Labute approximate surface area is 94.2 Å². The SMILES string of the molecule is C=CC(=O)Nc1ccc2[nH]c(C)c(C)c2c1. The lowest BCUT2D eigenvalue weighted by molar-refractivity contribution is -0.111. The maximum Gasteiger partial charge on any atom is 0.247 e. The molecule has 3 heteroatoms. The van der Waals surface area contributed by atoms with Gasteiger partial charge in [-0.2, -0.15) is 0 Å². The number of anilines is 1. The Balaban J connectivity index is 2.46. The number of fused-ring (bicyclic) bond motifs is 1. The van der Waals surface area contributed by atoms with Gasteiger partial charge < -0.3 is 10.3 Å². The normalized spacial score (nSPS) is 10.4. The smallest absolute Gasteiger partial charge is 0.247 e. The molecule has 1 aromatic carbocycles. The van der Waals surface area contributed by atoms with Gasteiger partial charge in [-0.1, -0.05) is 6.58 Å². The van der Waals surface area contributed by atoms with Crippen LogP contribution >= 0.6 is 0 Å². The number of hydrogen-bond acceptors (Lipinski definition) is 1. The van der Waals surface area contributed by atoms with Gasteiger partial charge in [0.15, 0.2) is 0 Å². The number of nitrogens with one attached hydrogen (secondary N) is 2. The van der Waals surface area contributed by atoms with E-state index < -0.39 is 0 Å². The van der Waals surface area contributed by atoms with Gasteiger partial charge in [0.2, 0.25) is 5.91 Å². The van der Waals surface area contributed by atoms with E-state index in [0.717, 1.165) is 22.3 Å². The fraction of sp³-hybridized carbons (Fsp3) is 0.154. The van der Waals surface area contributed by atoms with Crippen LogP contribution in [0, 0.1) is 13.8 Å². The van der Waals surface area contributed by atoms with Crippen LogP contribution in [-0.2, 0) is 4.79 Å². The van der Waals surface area contributed by atoms with E-state index in [2.05, 4.69) is 23.8 Å². The van der Waals surface area contributed by atoms with E-state index in [1.54, 1.807) is 0 Å². The molecule has 0 aliphatic carbocycles. The lowest BCUT2D eigenvalue weighted by Gasteiger charge is -2.02. The summed E-state index contributed by atoms with van der Waals surface area (Å²) in [6.07, 6.45) is 1.26. The molecule has 16 heavy (non-hydrogen) atoms. The van der Waals surface area contributed by atoms with Gasteiger partial charge in [0.25, 0.3) is 0 Å². The Kier molecular flexibility index (Phi) is 2.52. The molecular weight excluding hydrogens is 200 g/mol. The zero-order valence-corrected chi connectivity index (χ0v) is 9.42. The quantitative estimate of drug-likeness (QED) is 0.742. The third kappa shape index (κ3) is 1.72. The molecule has 0 saturated heterocycles. The van der Waals surface area contributed by atoms with Crippen LogP contribution in [0.25, 0.3) is 10.9 Å². The zero-order valence-electron chi connectivity index (χ0n) is 9.42. The second-order valence-electron chi connectivity index (χ2n) is 3.83. The van der Waals surface area contributed by atoms with Crippen molar-refractivity contribution in [2.24, 2.45) is 0 Å². The van der Waals surface area contributed by atoms with Crippen molar-refractivity contribution in [1.82, 2.24) is 4.98 Å². The van der Waals surface area contributed by atoms with Gasteiger partial charge in [-0.05, 0) is 43.7 Å². The molecule has 82 valence electrons. The number of hydrogen-bond donors (Lipinski definition) is 2. The van der Waals surface area contributed by atoms with Crippen LogP contribution in [0.5, 0.6) is 0 Å². The average Bonchev–Trinajstić information content (AvgIpc) is 2.55. The molecule has 2 aromatic rings. The highest BCUT2D eigenvalue weighted by atomic mass is 16.1. The second kappa shape index (κ2) is 3.85. The Morgan fingerprint density at radius 1 is 1.44 bits per heavy atom. The van der Waals surface area contributed by atoms with Crippen LogP contribution in [0.4, 0.5) is 5.69 Å². The first kappa shape index (κ1) is 10.5. The Bertz CT molecular complexity index is 567. The number of benzene rings is 1. The summed E-state index contributed by atoms with van der Waals surface area (Å²) in [7, 11) is 0. The number of aromatic nitrogens is 1. The van der Waals surface area contributed by atoms with E-state index in [0.29, 0.717) is 0 Å². The minimum atomic E-state index is -0.190. The predicted octanol–water partition coefficient (Wildman–Crippen LogP) is 2.91. The van der Waals surface area contributed by atoms with E-state index in [9.17, 15) is 4.79 Å². The largest absolute Gasteiger partial charge is 0.358 e. The number of aryl methyl sites for hydroxylation is 2. The number of rotatable bonds is 2. The van der Waals surface area contributed by atoms with Crippen molar-refractivity contribution in [2.75, 3.05) is 5.32 Å². The van der Waals surface area contributed by atoms with Crippen molar-refractivity contribution < 1.29 is 4.79 Å².